The van der Waals surface area contributed by atoms with Crippen molar-refractivity contribution in [2.45, 2.75) is 31.9 Å². The van der Waals surface area contributed by atoms with Gasteiger partial charge in [-0.25, -0.2) is 0 Å². The van der Waals surface area contributed by atoms with E-state index in [1.54, 1.807) is 7.11 Å². The van der Waals surface area contributed by atoms with E-state index in [0.29, 0.717) is 12.1 Å². The van der Waals surface area contributed by atoms with E-state index < -0.39 is 0 Å². The average molecular weight is 172 g/mol. The number of nitrogens with two attached hydrogens (primary N) is 1. The first-order chi connectivity index (χ1) is 5.77. The lowest BCUT2D eigenvalue weighted by Gasteiger charge is -2.25. The second-order valence-electron chi connectivity index (χ2n) is 3.57. The molecule has 3 nitrogen and oxygen atoms in total. The highest BCUT2D eigenvalue weighted by Crippen LogP contribution is 2.16. The predicted octanol–water partition coefficient (Wildman–Crippen LogP) is 0.444. The molecule has 3 heteroatoms. The molecule has 2 N–H and O–H groups in total. The molecule has 1 fully saturated rings. The van der Waals surface area contributed by atoms with Gasteiger partial charge in [0.25, 0.3) is 0 Å². The summed E-state index contributed by atoms with van der Waals surface area (Å²) in [6.07, 6.45) is 2.88. The molecule has 0 bridgehead atoms. The van der Waals surface area contributed by atoms with Crippen LogP contribution in [0.15, 0.2) is 0 Å². The van der Waals surface area contributed by atoms with Gasteiger partial charge in [0.2, 0.25) is 0 Å². The van der Waals surface area contributed by atoms with Gasteiger partial charge in [0.1, 0.15) is 0 Å². The molecule has 2 atom stereocenters. The average Bonchev–Trinajstić information content (AvgIpc) is 2.51. The topological polar surface area (TPSA) is 38.5 Å². The Morgan fingerprint density at radius 1 is 1.67 bits per heavy atom. The van der Waals surface area contributed by atoms with Crippen molar-refractivity contribution in [2.75, 3.05) is 26.7 Å². The van der Waals surface area contributed by atoms with E-state index >= 15 is 0 Å². The first-order valence-corrected chi connectivity index (χ1v) is 4.74. The Balaban J connectivity index is 2.30. The van der Waals surface area contributed by atoms with Crippen LogP contribution in [0.3, 0.4) is 0 Å². The first kappa shape index (κ1) is 9.96. The molecule has 0 aromatic carbocycles. The van der Waals surface area contributed by atoms with Gasteiger partial charge in [-0.05, 0) is 26.3 Å². The van der Waals surface area contributed by atoms with Crippen LogP contribution in [0.2, 0.25) is 0 Å². The van der Waals surface area contributed by atoms with Crippen molar-refractivity contribution in [1.82, 2.24) is 4.90 Å². The van der Waals surface area contributed by atoms with Crippen LogP contribution in [0.4, 0.5) is 0 Å². The zero-order valence-corrected chi connectivity index (χ0v) is 8.12. The summed E-state index contributed by atoms with van der Waals surface area (Å²) >= 11 is 0. The van der Waals surface area contributed by atoms with E-state index in [9.17, 15) is 0 Å². The second kappa shape index (κ2) is 4.80. The fraction of sp³-hybridized carbons (Fsp3) is 1.00. The minimum atomic E-state index is 0.331. The van der Waals surface area contributed by atoms with Gasteiger partial charge in [-0.1, -0.05) is 0 Å². The number of hydrogen-bond acceptors (Lipinski definition) is 3. The molecule has 12 heavy (non-hydrogen) atoms. The minimum absolute atomic E-state index is 0.331. The van der Waals surface area contributed by atoms with Gasteiger partial charge in [0.15, 0.2) is 0 Å². The van der Waals surface area contributed by atoms with Crippen LogP contribution < -0.4 is 5.73 Å². The van der Waals surface area contributed by atoms with E-state index in [2.05, 4.69) is 11.8 Å². The zero-order valence-electron chi connectivity index (χ0n) is 8.12. The van der Waals surface area contributed by atoms with Crippen molar-refractivity contribution in [1.29, 1.82) is 0 Å². The highest BCUT2D eigenvalue weighted by Gasteiger charge is 2.23. The summed E-state index contributed by atoms with van der Waals surface area (Å²) in [6.45, 7) is 5.11. The van der Waals surface area contributed by atoms with Crippen LogP contribution in [-0.4, -0.2) is 43.8 Å². The molecule has 1 saturated heterocycles. The fourth-order valence-corrected chi connectivity index (χ4v) is 1.81. The van der Waals surface area contributed by atoms with Crippen LogP contribution in [0.5, 0.6) is 0 Å². The first-order valence-electron chi connectivity index (χ1n) is 4.74. The maximum atomic E-state index is 5.66. The Kier molecular flexibility index (Phi) is 3.98. The van der Waals surface area contributed by atoms with Crippen LogP contribution in [0, 0.1) is 0 Å². The van der Waals surface area contributed by atoms with Crippen molar-refractivity contribution in [3.63, 3.8) is 0 Å². The standard InChI is InChI=1S/C9H20N2O/c1-8(12-2)7-11-5-3-4-9(11)6-10/h8-9H,3-7,10H2,1-2H3. The molecule has 0 radical (unpaired) electrons. The third-order valence-corrected chi connectivity index (χ3v) is 2.67. The Morgan fingerprint density at radius 3 is 3.00 bits per heavy atom. The summed E-state index contributed by atoms with van der Waals surface area (Å²) in [7, 11) is 1.76. The lowest BCUT2D eigenvalue weighted by atomic mass is 10.2. The molecule has 1 heterocycles. The van der Waals surface area contributed by atoms with Gasteiger partial charge in [-0.15, -0.1) is 0 Å². The fourth-order valence-electron chi connectivity index (χ4n) is 1.81. The molecular weight excluding hydrogens is 152 g/mol. The van der Waals surface area contributed by atoms with Gasteiger partial charge in [0.05, 0.1) is 6.10 Å². The summed E-state index contributed by atoms with van der Waals surface area (Å²) in [4.78, 5) is 2.44. The number of ether oxygens (including phenoxy) is 1. The molecular formula is C9H20N2O. The van der Waals surface area contributed by atoms with Crippen LogP contribution in [0.1, 0.15) is 19.8 Å². The van der Waals surface area contributed by atoms with E-state index in [1.165, 1.54) is 19.4 Å². The van der Waals surface area contributed by atoms with E-state index in [1.807, 2.05) is 0 Å². The molecule has 0 aliphatic carbocycles. The second-order valence-corrected chi connectivity index (χ2v) is 3.57. The monoisotopic (exact) mass is 172 g/mol. The number of rotatable bonds is 4. The Bertz CT molecular complexity index is 130. The zero-order chi connectivity index (χ0) is 8.97. The summed E-state index contributed by atoms with van der Waals surface area (Å²) in [6, 6.07) is 0.600. The van der Waals surface area contributed by atoms with Crippen molar-refractivity contribution in [3.05, 3.63) is 0 Å². The lowest BCUT2D eigenvalue weighted by molar-refractivity contribution is 0.0736. The highest BCUT2D eigenvalue weighted by molar-refractivity contribution is 4.80. The van der Waals surface area contributed by atoms with E-state index in [4.69, 9.17) is 10.5 Å². The summed E-state index contributed by atoms with van der Waals surface area (Å²) in [5.41, 5.74) is 5.66. The van der Waals surface area contributed by atoms with Crippen molar-refractivity contribution in [3.8, 4) is 0 Å². The molecule has 2 unspecified atom stereocenters. The van der Waals surface area contributed by atoms with Gasteiger partial charge in [-0.2, -0.15) is 0 Å². The summed E-state index contributed by atoms with van der Waals surface area (Å²) < 4.78 is 5.22. The van der Waals surface area contributed by atoms with Crippen LogP contribution in [0.25, 0.3) is 0 Å². The molecule has 1 aliphatic heterocycles. The summed E-state index contributed by atoms with van der Waals surface area (Å²) in [5, 5.41) is 0. The Labute approximate surface area is 74.9 Å². The summed E-state index contributed by atoms with van der Waals surface area (Å²) in [5.74, 6) is 0. The largest absolute Gasteiger partial charge is 0.380 e. The molecule has 0 amide bonds. The maximum Gasteiger partial charge on any atom is 0.0670 e. The van der Waals surface area contributed by atoms with Crippen LogP contribution >= 0.6 is 0 Å². The van der Waals surface area contributed by atoms with Gasteiger partial charge < -0.3 is 10.5 Å². The Hall–Kier alpha value is -0.120. The molecule has 0 saturated carbocycles. The molecule has 0 aromatic rings. The SMILES string of the molecule is COC(C)CN1CCCC1CN. The van der Waals surface area contributed by atoms with Crippen molar-refractivity contribution < 1.29 is 4.74 Å². The quantitative estimate of drug-likeness (QED) is 0.669. The van der Waals surface area contributed by atoms with Crippen LogP contribution in [-0.2, 0) is 4.74 Å². The lowest BCUT2D eigenvalue weighted by Crippen LogP contribution is -2.39. The van der Waals surface area contributed by atoms with Gasteiger partial charge >= 0.3 is 0 Å². The molecule has 1 rings (SSSR count). The number of hydrogen-bond donors (Lipinski definition) is 1. The number of methoxy groups -OCH3 is 1. The molecule has 0 spiro atoms. The number of nitrogens with zero attached hydrogens (tertiary/aromatic N) is 1. The molecule has 1 aliphatic rings. The number of likely N-dealkylation sites (tertiary alicyclic amines) is 1. The Morgan fingerprint density at radius 2 is 2.42 bits per heavy atom. The third-order valence-electron chi connectivity index (χ3n) is 2.67. The van der Waals surface area contributed by atoms with Crippen molar-refractivity contribution >= 4 is 0 Å². The maximum absolute atomic E-state index is 5.66. The molecule has 72 valence electrons. The third kappa shape index (κ3) is 2.44. The van der Waals surface area contributed by atoms with E-state index in [0.717, 1.165) is 13.1 Å². The highest BCUT2D eigenvalue weighted by atomic mass is 16.5. The minimum Gasteiger partial charge on any atom is -0.380 e. The smallest absolute Gasteiger partial charge is 0.0670 e. The van der Waals surface area contributed by atoms with Gasteiger partial charge in [0, 0.05) is 26.2 Å². The normalized spacial score (nSPS) is 27.8. The van der Waals surface area contributed by atoms with E-state index in [-0.39, 0.29) is 0 Å². The van der Waals surface area contributed by atoms with Gasteiger partial charge in [-0.3, -0.25) is 4.90 Å². The predicted molar refractivity (Wildman–Crippen MR) is 50.1 cm³/mol. The molecule has 0 aromatic heterocycles. The van der Waals surface area contributed by atoms with Crippen molar-refractivity contribution in [2.24, 2.45) is 5.73 Å².